The highest BCUT2D eigenvalue weighted by Gasteiger charge is 2.23. The van der Waals surface area contributed by atoms with Gasteiger partial charge in [0.05, 0.1) is 6.42 Å². The molecule has 0 bridgehead atoms. The zero-order valence-corrected chi connectivity index (χ0v) is 11.8. The fourth-order valence-electron chi connectivity index (χ4n) is 1.79. The van der Waals surface area contributed by atoms with Crippen LogP contribution in [0.3, 0.4) is 0 Å². The maximum absolute atomic E-state index is 11.7. The molecule has 0 aromatic carbocycles. The highest BCUT2D eigenvalue weighted by molar-refractivity contribution is 5.78. The van der Waals surface area contributed by atoms with Gasteiger partial charge in [-0.15, -0.1) is 0 Å². The summed E-state index contributed by atoms with van der Waals surface area (Å²) in [5.74, 6) is -1.07. The van der Waals surface area contributed by atoms with Crippen LogP contribution in [0, 0.1) is 5.41 Å². The van der Waals surface area contributed by atoms with Crippen LogP contribution in [0.25, 0.3) is 0 Å². The van der Waals surface area contributed by atoms with E-state index in [4.69, 9.17) is 10.8 Å². The average Bonchev–Trinajstić information content (AvgIpc) is 2.12. The van der Waals surface area contributed by atoms with E-state index in [2.05, 4.69) is 5.32 Å². The molecule has 0 aliphatic heterocycles. The van der Waals surface area contributed by atoms with Crippen LogP contribution in [-0.2, 0) is 9.59 Å². The number of carboxylic acid groups (broad SMARTS) is 1. The number of amides is 1. The molecule has 0 aliphatic rings. The van der Waals surface area contributed by atoms with Gasteiger partial charge in [0.15, 0.2) is 0 Å². The second-order valence-electron chi connectivity index (χ2n) is 6.00. The molecule has 0 fully saturated rings. The Kier molecular flexibility index (Phi) is 6.91. The standard InChI is InChI=1S/C13H26N2O3/c1-5-9(14)6-11(16)15-10(7-12(17)18)8-13(2,3)4/h9-10H,5-8,14H2,1-4H3,(H,15,16)(H,17,18). The molecule has 0 saturated heterocycles. The number of carbonyl (C=O) groups excluding carboxylic acids is 1. The summed E-state index contributed by atoms with van der Waals surface area (Å²) in [7, 11) is 0. The van der Waals surface area contributed by atoms with Crippen molar-refractivity contribution in [2.24, 2.45) is 11.1 Å². The molecule has 2 unspecified atom stereocenters. The molecular formula is C13H26N2O3. The lowest BCUT2D eigenvalue weighted by molar-refractivity contribution is -0.137. The van der Waals surface area contributed by atoms with Gasteiger partial charge in [-0.1, -0.05) is 27.7 Å². The molecular weight excluding hydrogens is 232 g/mol. The number of hydrogen-bond donors (Lipinski definition) is 3. The van der Waals surface area contributed by atoms with Crippen LogP contribution in [0.1, 0.15) is 53.4 Å². The van der Waals surface area contributed by atoms with E-state index in [9.17, 15) is 9.59 Å². The highest BCUT2D eigenvalue weighted by Crippen LogP contribution is 2.22. The summed E-state index contributed by atoms with van der Waals surface area (Å²) < 4.78 is 0. The van der Waals surface area contributed by atoms with Crippen LogP contribution in [0.4, 0.5) is 0 Å². The lowest BCUT2D eigenvalue weighted by atomic mass is 9.87. The van der Waals surface area contributed by atoms with E-state index in [0.717, 1.165) is 6.42 Å². The van der Waals surface area contributed by atoms with Gasteiger partial charge in [-0.05, 0) is 18.3 Å². The maximum atomic E-state index is 11.7. The molecule has 18 heavy (non-hydrogen) atoms. The van der Waals surface area contributed by atoms with E-state index in [1.54, 1.807) is 0 Å². The number of carboxylic acids is 1. The normalized spacial score (nSPS) is 14.9. The number of carbonyl (C=O) groups is 2. The monoisotopic (exact) mass is 258 g/mol. The maximum Gasteiger partial charge on any atom is 0.305 e. The minimum absolute atomic E-state index is 0.0275. The van der Waals surface area contributed by atoms with Crippen LogP contribution in [-0.4, -0.2) is 29.1 Å². The van der Waals surface area contributed by atoms with Crippen molar-refractivity contribution in [1.29, 1.82) is 0 Å². The van der Waals surface area contributed by atoms with Gasteiger partial charge in [0, 0.05) is 18.5 Å². The van der Waals surface area contributed by atoms with Crippen molar-refractivity contribution in [2.75, 3.05) is 0 Å². The van der Waals surface area contributed by atoms with Gasteiger partial charge in [0.1, 0.15) is 0 Å². The molecule has 106 valence electrons. The summed E-state index contributed by atoms with van der Waals surface area (Å²) in [4.78, 5) is 22.5. The van der Waals surface area contributed by atoms with Gasteiger partial charge in [-0.3, -0.25) is 9.59 Å². The second-order valence-corrected chi connectivity index (χ2v) is 6.00. The second kappa shape index (κ2) is 7.36. The van der Waals surface area contributed by atoms with E-state index in [-0.39, 0.29) is 36.2 Å². The molecule has 4 N–H and O–H groups in total. The summed E-state index contributed by atoms with van der Waals surface area (Å²) in [5.41, 5.74) is 5.67. The Morgan fingerprint density at radius 2 is 1.83 bits per heavy atom. The quantitative estimate of drug-likeness (QED) is 0.645. The third-order valence-electron chi connectivity index (χ3n) is 2.62. The molecule has 0 saturated carbocycles. The first-order valence-electron chi connectivity index (χ1n) is 6.40. The van der Waals surface area contributed by atoms with E-state index in [1.807, 2.05) is 27.7 Å². The minimum Gasteiger partial charge on any atom is -0.481 e. The molecule has 0 aliphatic carbocycles. The smallest absolute Gasteiger partial charge is 0.305 e. The zero-order chi connectivity index (χ0) is 14.3. The van der Waals surface area contributed by atoms with Gasteiger partial charge in [0.25, 0.3) is 0 Å². The number of aliphatic carboxylic acids is 1. The van der Waals surface area contributed by atoms with E-state index in [0.29, 0.717) is 6.42 Å². The fourth-order valence-corrected chi connectivity index (χ4v) is 1.79. The Morgan fingerprint density at radius 3 is 2.22 bits per heavy atom. The fraction of sp³-hybridized carbons (Fsp3) is 0.846. The summed E-state index contributed by atoms with van der Waals surface area (Å²) >= 11 is 0. The molecule has 0 aromatic heterocycles. The summed E-state index contributed by atoms with van der Waals surface area (Å²) in [6.45, 7) is 7.98. The summed E-state index contributed by atoms with van der Waals surface area (Å²) in [6, 6.07) is -0.496. The Labute approximate surface area is 109 Å². The van der Waals surface area contributed by atoms with Crippen molar-refractivity contribution in [2.45, 2.75) is 65.5 Å². The van der Waals surface area contributed by atoms with Crippen molar-refractivity contribution in [1.82, 2.24) is 5.32 Å². The van der Waals surface area contributed by atoms with Crippen LogP contribution >= 0.6 is 0 Å². The number of nitrogens with two attached hydrogens (primary N) is 1. The predicted molar refractivity (Wildman–Crippen MR) is 71.1 cm³/mol. The minimum atomic E-state index is -0.899. The Bertz CT molecular complexity index is 284. The van der Waals surface area contributed by atoms with Gasteiger partial charge in [-0.2, -0.15) is 0 Å². The molecule has 0 heterocycles. The van der Waals surface area contributed by atoms with Gasteiger partial charge >= 0.3 is 5.97 Å². The number of hydrogen-bond acceptors (Lipinski definition) is 3. The lowest BCUT2D eigenvalue weighted by Gasteiger charge is -2.26. The summed E-state index contributed by atoms with van der Waals surface area (Å²) in [6.07, 6.45) is 1.56. The van der Waals surface area contributed by atoms with E-state index < -0.39 is 5.97 Å². The van der Waals surface area contributed by atoms with Crippen molar-refractivity contribution in [3.63, 3.8) is 0 Å². The van der Waals surface area contributed by atoms with Crippen LogP contribution < -0.4 is 11.1 Å². The largest absolute Gasteiger partial charge is 0.481 e. The van der Waals surface area contributed by atoms with Crippen molar-refractivity contribution in [3.05, 3.63) is 0 Å². The number of rotatable bonds is 7. The third-order valence-corrected chi connectivity index (χ3v) is 2.62. The van der Waals surface area contributed by atoms with Crippen molar-refractivity contribution >= 4 is 11.9 Å². The van der Waals surface area contributed by atoms with Gasteiger partial charge < -0.3 is 16.2 Å². The SMILES string of the molecule is CCC(N)CC(=O)NC(CC(=O)O)CC(C)(C)C. The molecule has 0 radical (unpaired) electrons. The van der Waals surface area contributed by atoms with Crippen LogP contribution in [0.2, 0.25) is 0 Å². The Hall–Kier alpha value is -1.10. The lowest BCUT2D eigenvalue weighted by Crippen LogP contribution is -2.41. The summed E-state index contributed by atoms with van der Waals surface area (Å²) in [5, 5.41) is 11.6. The predicted octanol–water partition coefficient (Wildman–Crippen LogP) is 1.51. The van der Waals surface area contributed by atoms with E-state index in [1.165, 1.54) is 0 Å². The molecule has 5 nitrogen and oxygen atoms in total. The number of nitrogens with one attached hydrogen (secondary N) is 1. The molecule has 5 heteroatoms. The Balaban J connectivity index is 4.40. The van der Waals surface area contributed by atoms with E-state index >= 15 is 0 Å². The first-order chi connectivity index (χ1) is 8.14. The molecule has 2 atom stereocenters. The van der Waals surface area contributed by atoms with Crippen molar-refractivity contribution in [3.8, 4) is 0 Å². The van der Waals surface area contributed by atoms with Crippen LogP contribution in [0.15, 0.2) is 0 Å². The molecule has 0 rings (SSSR count). The molecule has 1 amide bonds. The third kappa shape index (κ3) is 8.98. The van der Waals surface area contributed by atoms with Gasteiger partial charge in [-0.25, -0.2) is 0 Å². The first kappa shape index (κ1) is 16.9. The molecule has 0 spiro atoms. The van der Waals surface area contributed by atoms with Crippen molar-refractivity contribution < 1.29 is 14.7 Å². The highest BCUT2D eigenvalue weighted by atomic mass is 16.4. The topological polar surface area (TPSA) is 92.4 Å². The Morgan fingerprint density at radius 1 is 1.28 bits per heavy atom. The van der Waals surface area contributed by atoms with Gasteiger partial charge in [0.2, 0.25) is 5.91 Å². The average molecular weight is 258 g/mol. The molecule has 0 aromatic rings. The van der Waals surface area contributed by atoms with Crippen LogP contribution in [0.5, 0.6) is 0 Å². The zero-order valence-electron chi connectivity index (χ0n) is 11.8. The first-order valence-corrected chi connectivity index (χ1v) is 6.40.